The second-order valence-corrected chi connectivity index (χ2v) is 13.0. The van der Waals surface area contributed by atoms with E-state index in [2.05, 4.69) is 132 Å². The standard InChI is InChI=1S/C36H31N5S/c1-36(2,3)24-16-17-38-35(18-24)41-31-11-7-6-10-29(31)30-15-14-27(22-34(30)41)42-28-20-25(37-4)19-26(21-28)40-23-39(5)32-12-8-9-13-33(32)40/h6-22H,23H2,1-3,5H3. The average molecular weight is 566 g/mol. The maximum absolute atomic E-state index is 7.80. The summed E-state index contributed by atoms with van der Waals surface area (Å²) in [5, 5.41) is 2.41. The van der Waals surface area contributed by atoms with Gasteiger partial charge in [0.15, 0.2) is 5.69 Å². The van der Waals surface area contributed by atoms with Crippen LogP contribution in [0.25, 0.3) is 32.5 Å². The van der Waals surface area contributed by atoms with Crippen LogP contribution in [-0.2, 0) is 5.41 Å². The van der Waals surface area contributed by atoms with Crippen molar-refractivity contribution in [3.05, 3.63) is 120 Å². The molecule has 0 radical (unpaired) electrons. The van der Waals surface area contributed by atoms with Crippen molar-refractivity contribution in [2.45, 2.75) is 36.0 Å². The highest BCUT2D eigenvalue weighted by molar-refractivity contribution is 7.99. The Labute approximate surface area is 250 Å². The lowest BCUT2D eigenvalue weighted by atomic mass is 9.88. The van der Waals surface area contributed by atoms with E-state index in [-0.39, 0.29) is 5.41 Å². The molecule has 3 heterocycles. The number of aromatic nitrogens is 2. The third-order valence-electron chi connectivity index (χ3n) is 7.98. The molecule has 6 aromatic rings. The molecular weight excluding hydrogens is 534 g/mol. The number of hydrogen-bond acceptors (Lipinski definition) is 4. The van der Waals surface area contributed by atoms with Crippen molar-refractivity contribution in [3.63, 3.8) is 0 Å². The Morgan fingerprint density at radius 3 is 2.36 bits per heavy atom. The Morgan fingerprint density at radius 1 is 0.786 bits per heavy atom. The summed E-state index contributed by atoms with van der Waals surface area (Å²) in [6, 6.07) is 34.1. The lowest BCUT2D eigenvalue weighted by molar-refractivity contribution is 0.588. The van der Waals surface area contributed by atoms with Gasteiger partial charge in [-0.2, -0.15) is 0 Å². The topological polar surface area (TPSA) is 28.7 Å². The zero-order valence-corrected chi connectivity index (χ0v) is 25.0. The Morgan fingerprint density at radius 2 is 1.55 bits per heavy atom. The number of pyridine rings is 1. The van der Waals surface area contributed by atoms with Crippen LogP contribution in [0.4, 0.5) is 22.7 Å². The second-order valence-electron chi connectivity index (χ2n) is 11.8. The zero-order valence-electron chi connectivity index (χ0n) is 24.2. The second kappa shape index (κ2) is 9.97. The van der Waals surface area contributed by atoms with Crippen LogP contribution in [0.1, 0.15) is 26.3 Å². The van der Waals surface area contributed by atoms with E-state index in [1.165, 1.54) is 22.0 Å². The number of rotatable bonds is 4. The third kappa shape index (κ3) is 4.47. The highest BCUT2D eigenvalue weighted by atomic mass is 32.2. The number of benzene rings is 4. The van der Waals surface area contributed by atoms with Crippen LogP contribution in [0.3, 0.4) is 0 Å². The average Bonchev–Trinajstić information content (AvgIpc) is 3.51. The molecule has 1 aliphatic heterocycles. The van der Waals surface area contributed by atoms with Crippen molar-refractivity contribution >= 4 is 56.3 Å². The Kier molecular flexibility index (Phi) is 6.22. The molecule has 0 atom stereocenters. The van der Waals surface area contributed by atoms with Gasteiger partial charge in [0, 0.05) is 39.5 Å². The molecule has 4 aromatic carbocycles. The summed E-state index contributed by atoms with van der Waals surface area (Å²) < 4.78 is 2.28. The smallest absolute Gasteiger partial charge is 0.190 e. The molecule has 42 heavy (non-hydrogen) atoms. The molecule has 0 amide bonds. The first-order valence-electron chi connectivity index (χ1n) is 14.1. The van der Waals surface area contributed by atoms with Gasteiger partial charge in [-0.15, -0.1) is 0 Å². The lowest BCUT2D eigenvalue weighted by Crippen LogP contribution is -2.23. The van der Waals surface area contributed by atoms with Crippen LogP contribution in [0.5, 0.6) is 0 Å². The highest BCUT2D eigenvalue weighted by Crippen LogP contribution is 2.43. The van der Waals surface area contributed by atoms with Gasteiger partial charge in [0.2, 0.25) is 0 Å². The first kappa shape index (κ1) is 26.2. The Balaban J connectivity index is 1.33. The predicted molar refractivity (Wildman–Crippen MR) is 176 cm³/mol. The number of anilines is 3. The molecule has 7 rings (SSSR count). The monoisotopic (exact) mass is 565 g/mol. The van der Waals surface area contributed by atoms with E-state index in [0.29, 0.717) is 5.69 Å². The first-order chi connectivity index (χ1) is 20.3. The van der Waals surface area contributed by atoms with Gasteiger partial charge in [0.1, 0.15) is 5.82 Å². The zero-order chi connectivity index (χ0) is 29.0. The van der Waals surface area contributed by atoms with Crippen LogP contribution in [0, 0.1) is 6.57 Å². The molecule has 0 unspecified atom stereocenters. The van der Waals surface area contributed by atoms with E-state index in [9.17, 15) is 0 Å². The lowest BCUT2D eigenvalue weighted by Gasteiger charge is -2.21. The van der Waals surface area contributed by atoms with Crippen LogP contribution in [0.15, 0.2) is 113 Å². The van der Waals surface area contributed by atoms with Gasteiger partial charge in [0.25, 0.3) is 0 Å². The fourth-order valence-corrected chi connectivity index (χ4v) is 6.79. The van der Waals surface area contributed by atoms with Crippen molar-refractivity contribution in [1.82, 2.24) is 9.55 Å². The summed E-state index contributed by atoms with van der Waals surface area (Å²) in [6.45, 7) is 15.2. The van der Waals surface area contributed by atoms with Crippen LogP contribution in [0.2, 0.25) is 0 Å². The fraction of sp³-hybridized carbons (Fsp3) is 0.167. The molecule has 6 heteroatoms. The van der Waals surface area contributed by atoms with Crippen molar-refractivity contribution in [2.75, 3.05) is 23.5 Å². The van der Waals surface area contributed by atoms with Gasteiger partial charge in [-0.3, -0.25) is 4.57 Å². The van der Waals surface area contributed by atoms with E-state index < -0.39 is 0 Å². The fourth-order valence-electron chi connectivity index (χ4n) is 5.85. The van der Waals surface area contributed by atoms with Crippen LogP contribution < -0.4 is 9.80 Å². The molecule has 1 aliphatic rings. The number of fused-ring (bicyclic) bond motifs is 4. The van der Waals surface area contributed by atoms with Gasteiger partial charge >= 0.3 is 0 Å². The quantitative estimate of drug-likeness (QED) is 0.199. The summed E-state index contributed by atoms with van der Waals surface area (Å²) >= 11 is 1.69. The SMILES string of the molecule is [C-]#[N+]c1cc(Sc2ccc3c4ccccc4n(-c4cc(C(C)(C)C)ccn4)c3c2)cc(N2CN(C)c3ccccc32)c1. The van der Waals surface area contributed by atoms with E-state index >= 15 is 0 Å². The first-order valence-corrected chi connectivity index (χ1v) is 14.9. The van der Waals surface area contributed by atoms with Crippen molar-refractivity contribution in [1.29, 1.82) is 0 Å². The minimum absolute atomic E-state index is 0.0216. The Bertz CT molecular complexity index is 2030. The molecule has 0 saturated heterocycles. The van der Waals surface area contributed by atoms with E-state index in [4.69, 9.17) is 11.6 Å². The van der Waals surface area contributed by atoms with Gasteiger partial charge < -0.3 is 9.80 Å². The van der Waals surface area contributed by atoms with Crippen LogP contribution in [-0.4, -0.2) is 23.3 Å². The van der Waals surface area contributed by atoms with Crippen molar-refractivity contribution in [2.24, 2.45) is 0 Å². The molecule has 0 fully saturated rings. The van der Waals surface area contributed by atoms with Gasteiger partial charge in [-0.25, -0.2) is 9.83 Å². The molecule has 0 spiro atoms. The van der Waals surface area contributed by atoms with E-state index in [1.807, 2.05) is 18.3 Å². The van der Waals surface area contributed by atoms with Gasteiger partial charge in [-0.1, -0.05) is 68.9 Å². The number of nitrogens with zero attached hydrogens (tertiary/aromatic N) is 5. The highest BCUT2D eigenvalue weighted by Gasteiger charge is 2.24. The molecule has 0 aliphatic carbocycles. The maximum atomic E-state index is 7.80. The maximum Gasteiger partial charge on any atom is 0.190 e. The molecule has 0 N–H and O–H groups in total. The van der Waals surface area contributed by atoms with Gasteiger partial charge in [-0.05, 0) is 71.6 Å². The molecule has 0 saturated carbocycles. The summed E-state index contributed by atoms with van der Waals surface area (Å²) in [5.74, 6) is 0.921. The van der Waals surface area contributed by atoms with E-state index in [1.54, 1.807) is 11.8 Å². The minimum atomic E-state index is 0.0216. The summed E-state index contributed by atoms with van der Waals surface area (Å²) in [6.07, 6.45) is 1.92. The number of para-hydroxylation sites is 3. The van der Waals surface area contributed by atoms with E-state index in [0.717, 1.165) is 44.7 Å². The molecular formula is C36H31N5S. The summed E-state index contributed by atoms with van der Waals surface area (Å²) in [5.41, 5.74) is 7.56. The molecule has 5 nitrogen and oxygen atoms in total. The summed E-state index contributed by atoms with van der Waals surface area (Å²) in [7, 11) is 2.10. The van der Waals surface area contributed by atoms with Crippen molar-refractivity contribution in [3.8, 4) is 5.82 Å². The predicted octanol–water partition coefficient (Wildman–Crippen LogP) is 9.72. The number of hydrogen-bond donors (Lipinski definition) is 0. The largest absolute Gasteiger partial charge is 0.355 e. The van der Waals surface area contributed by atoms with Crippen LogP contribution >= 0.6 is 11.8 Å². The molecule has 0 bridgehead atoms. The Hall–Kier alpha value is -4.73. The van der Waals surface area contributed by atoms with Crippen molar-refractivity contribution < 1.29 is 0 Å². The van der Waals surface area contributed by atoms with Gasteiger partial charge in [0.05, 0.1) is 35.6 Å². The minimum Gasteiger partial charge on any atom is -0.355 e. The molecule has 2 aromatic heterocycles. The molecule has 206 valence electrons. The normalized spacial score (nSPS) is 13.1. The third-order valence-corrected chi connectivity index (χ3v) is 8.94. The summed E-state index contributed by atoms with van der Waals surface area (Å²) in [4.78, 5) is 15.3.